The maximum Gasteiger partial charge on any atom is 0.323 e. The zero-order valence-electron chi connectivity index (χ0n) is 11.0. The van der Waals surface area contributed by atoms with Crippen LogP contribution in [0.4, 0.5) is 0 Å². The summed E-state index contributed by atoms with van der Waals surface area (Å²) in [6.07, 6.45) is 1.57. The molecule has 0 spiro atoms. The summed E-state index contributed by atoms with van der Waals surface area (Å²) in [7, 11) is 0. The van der Waals surface area contributed by atoms with Crippen LogP contribution in [0.5, 0.6) is 0 Å². The normalized spacial score (nSPS) is 25.5. The van der Waals surface area contributed by atoms with E-state index in [0.29, 0.717) is 16.5 Å². The van der Waals surface area contributed by atoms with Gasteiger partial charge in [0.1, 0.15) is 5.54 Å². The Morgan fingerprint density at radius 2 is 2.11 bits per heavy atom. The number of likely N-dealkylation sites (tertiary alicyclic amines) is 1. The minimum atomic E-state index is -0.800. The number of carbonyl (C=O) groups is 1. The molecule has 0 aromatic heterocycles. The quantitative estimate of drug-likeness (QED) is 0.917. The molecule has 1 aromatic carbocycles. The van der Waals surface area contributed by atoms with Crippen LogP contribution in [0.2, 0.25) is 10.0 Å². The molecular formula is C14H17Cl2NO2. The lowest BCUT2D eigenvalue weighted by atomic mass is 9.96. The van der Waals surface area contributed by atoms with E-state index in [1.165, 1.54) is 0 Å². The Bertz CT molecular complexity index is 506. The van der Waals surface area contributed by atoms with Crippen LogP contribution in [0.1, 0.15) is 38.3 Å². The minimum Gasteiger partial charge on any atom is -0.480 e. The highest BCUT2D eigenvalue weighted by Gasteiger charge is 2.45. The van der Waals surface area contributed by atoms with Gasteiger partial charge in [-0.05, 0) is 50.9 Å². The lowest BCUT2D eigenvalue weighted by Gasteiger charge is -2.36. The Kier molecular flexibility index (Phi) is 4.09. The third-order valence-electron chi connectivity index (χ3n) is 4.05. The van der Waals surface area contributed by atoms with E-state index in [9.17, 15) is 9.90 Å². The predicted octanol–water partition coefficient (Wildman–Crippen LogP) is 3.99. The second-order valence-corrected chi connectivity index (χ2v) is 6.04. The molecule has 5 heteroatoms. The second kappa shape index (κ2) is 5.31. The van der Waals surface area contributed by atoms with E-state index >= 15 is 0 Å². The molecule has 1 aliphatic heterocycles. The fraction of sp³-hybridized carbons (Fsp3) is 0.500. The van der Waals surface area contributed by atoms with Crippen molar-refractivity contribution in [3.8, 4) is 0 Å². The molecule has 1 aliphatic rings. The van der Waals surface area contributed by atoms with Crippen molar-refractivity contribution in [1.82, 2.24) is 4.90 Å². The van der Waals surface area contributed by atoms with Gasteiger partial charge in [-0.1, -0.05) is 29.3 Å². The second-order valence-electron chi connectivity index (χ2n) is 5.23. The number of carboxylic acid groups (broad SMARTS) is 1. The Labute approximate surface area is 123 Å². The van der Waals surface area contributed by atoms with E-state index in [4.69, 9.17) is 23.2 Å². The first-order valence-corrected chi connectivity index (χ1v) is 7.07. The Morgan fingerprint density at radius 3 is 2.68 bits per heavy atom. The van der Waals surface area contributed by atoms with Crippen LogP contribution < -0.4 is 0 Å². The third kappa shape index (κ3) is 2.60. The highest BCUT2D eigenvalue weighted by Crippen LogP contribution is 2.38. The number of benzene rings is 1. The number of nitrogens with zero attached hydrogens (tertiary/aromatic N) is 1. The number of hydrogen-bond donors (Lipinski definition) is 1. The smallest absolute Gasteiger partial charge is 0.323 e. The van der Waals surface area contributed by atoms with Gasteiger partial charge >= 0.3 is 5.97 Å². The molecule has 1 heterocycles. The lowest BCUT2D eigenvalue weighted by molar-refractivity contribution is -0.149. The SMILES string of the molecule is CC(c1ccc(Cl)c(Cl)c1)N1CCCC1(C)C(=O)O. The van der Waals surface area contributed by atoms with Gasteiger partial charge in [0.15, 0.2) is 0 Å². The number of rotatable bonds is 3. The van der Waals surface area contributed by atoms with Crippen LogP contribution in [0, 0.1) is 0 Å². The molecule has 2 atom stereocenters. The number of carboxylic acids is 1. The predicted molar refractivity (Wildman–Crippen MR) is 76.9 cm³/mol. The molecule has 0 radical (unpaired) electrons. The summed E-state index contributed by atoms with van der Waals surface area (Å²) in [5.74, 6) is -0.767. The first-order chi connectivity index (χ1) is 8.86. The molecule has 3 nitrogen and oxygen atoms in total. The zero-order valence-corrected chi connectivity index (χ0v) is 12.5. The van der Waals surface area contributed by atoms with Crippen molar-refractivity contribution >= 4 is 29.2 Å². The van der Waals surface area contributed by atoms with Crippen LogP contribution in [0.15, 0.2) is 18.2 Å². The van der Waals surface area contributed by atoms with Gasteiger partial charge in [0.25, 0.3) is 0 Å². The number of aliphatic carboxylic acids is 1. The molecule has 1 aromatic rings. The Balaban J connectivity index is 2.30. The molecule has 1 N–H and O–H groups in total. The van der Waals surface area contributed by atoms with Crippen LogP contribution >= 0.6 is 23.2 Å². The summed E-state index contributed by atoms with van der Waals surface area (Å²) >= 11 is 11.9. The fourth-order valence-corrected chi connectivity index (χ4v) is 3.09. The standard InChI is InChI=1S/C14H17Cl2NO2/c1-9(10-4-5-11(15)12(16)8-10)17-7-3-6-14(17,2)13(18)19/h4-5,8-9H,3,6-7H2,1-2H3,(H,18,19). The van der Waals surface area contributed by atoms with Crippen molar-refractivity contribution in [3.63, 3.8) is 0 Å². The monoisotopic (exact) mass is 301 g/mol. The van der Waals surface area contributed by atoms with Crippen molar-refractivity contribution in [3.05, 3.63) is 33.8 Å². The molecule has 1 fully saturated rings. The van der Waals surface area contributed by atoms with Gasteiger partial charge in [-0.15, -0.1) is 0 Å². The average molecular weight is 302 g/mol. The average Bonchev–Trinajstić information content (AvgIpc) is 2.75. The summed E-state index contributed by atoms with van der Waals surface area (Å²) in [4.78, 5) is 13.5. The van der Waals surface area contributed by atoms with Crippen molar-refractivity contribution in [1.29, 1.82) is 0 Å². The number of hydrogen-bond acceptors (Lipinski definition) is 2. The first kappa shape index (κ1) is 14.6. The van der Waals surface area contributed by atoms with Crippen LogP contribution in [-0.4, -0.2) is 28.1 Å². The molecule has 104 valence electrons. The van der Waals surface area contributed by atoms with Crippen molar-refractivity contribution in [2.45, 2.75) is 38.3 Å². The summed E-state index contributed by atoms with van der Waals surface area (Å²) < 4.78 is 0. The van der Waals surface area contributed by atoms with E-state index in [1.807, 2.05) is 24.0 Å². The van der Waals surface area contributed by atoms with Gasteiger partial charge in [0.2, 0.25) is 0 Å². The molecule has 19 heavy (non-hydrogen) atoms. The highest BCUT2D eigenvalue weighted by molar-refractivity contribution is 6.42. The summed E-state index contributed by atoms with van der Waals surface area (Å²) in [5, 5.41) is 10.5. The van der Waals surface area contributed by atoms with Crippen molar-refractivity contribution in [2.24, 2.45) is 0 Å². The third-order valence-corrected chi connectivity index (χ3v) is 4.79. The molecule has 2 unspecified atom stereocenters. The Hall–Kier alpha value is -0.770. The maximum atomic E-state index is 11.5. The molecule has 1 saturated heterocycles. The van der Waals surface area contributed by atoms with Crippen molar-refractivity contribution < 1.29 is 9.90 Å². The van der Waals surface area contributed by atoms with Gasteiger partial charge < -0.3 is 5.11 Å². The summed E-state index contributed by atoms with van der Waals surface area (Å²) in [6, 6.07) is 5.47. The van der Waals surface area contributed by atoms with E-state index in [1.54, 1.807) is 13.0 Å². The molecule has 0 amide bonds. The lowest BCUT2D eigenvalue weighted by Crippen LogP contribution is -2.48. The highest BCUT2D eigenvalue weighted by atomic mass is 35.5. The molecule has 0 aliphatic carbocycles. The summed E-state index contributed by atoms with van der Waals surface area (Å²) in [6.45, 7) is 4.58. The van der Waals surface area contributed by atoms with Crippen LogP contribution in [0.25, 0.3) is 0 Å². The molecular weight excluding hydrogens is 285 g/mol. The zero-order chi connectivity index (χ0) is 14.2. The largest absolute Gasteiger partial charge is 0.480 e. The first-order valence-electron chi connectivity index (χ1n) is 6.31. The summed E-state index contributed by atoms with van der Waals surface area (Å²) in [5.41, 5.74) is 0.190. The van der Waals surface area contributed by atoms with E-state index in [2.05, 4.69) is 0 Å². The van der Waals surface area contributed by atoms with Crippen LogP contribution in [0.3, 0.4) is 0 Å². The molecule has 2 rings (SSSR count). The van der Waals surface area contributed by atoms with E-state index < -0.39 is 11.5 Å². The Morgan fingerprint density at radius 1 is 1.42 bits per heavy atom. The van der Waals surface area contributed by atoms with Gasteiger partial charge in [0, 0.05) is 6.04 Å². The fourth-order valence-electron chi connectivity index (χ4n) is 2.79. The topological polar surface area (TPSA) is 40.5 Å². The number of halogens is 2. The molecule has 0 saturated carbocycles. The minimum absolute atomic E-state index is 0.00151. The molecule has 0 bridgehead atoms. The van der Waals surface area contributed by atoms with Crippen molar-refractivity contribution in [2.75, 3.05) is 6.54 Å². The van der Waals surface area contributed by atoms with Gasteiger partial charge in [-0.3, -0.25) is 9.69 Å². The van der Waals surface area contributed by atoms with E-state index in [-0.39, 0.29) is 6.04 Å². The van der Waals surface area contributed by atoms with E-state index in [0.717, 1.165) is 18.5 Å². The van der Waals surface area contributed by atoms with Crippen LogP contribution in [-0.2, 0) is 4.79 Å². The van der Waals surface area contributed by atoms with Gasteiger partial charge in [-0.2, -0.15) is 0 Å². The maximum absolute atomic E-state index is 11.5. The van der Waals surface area contributed by atoms with Gasteiger partial charge in [0.05, 0.1) is 10.0 Å². The van der Waals surface area contributed by atoms with Gasteiger partial charge in [-0.25, -0.2) is 0 Å².